The van der Waals surface area contributed by atoms with Gasteiger partial charge in [-0.15, -0.1) is 0 Å². The van der Waals surface area contributed by atoms with Gasteiger partial charge in [-0.3, -0.25) is 14.5 Å². The van der Waals surface area contributed by atoms with E-state index in [9.17, 15) is 14.4 Å². The number of hydrogen-bond acceptors (Lipinski definition) is 4. The molecule has 1 aromatic rings. The molecule has 2 N–H and O–H groups in total. The molecule has 2 aliphatic heterocycles. The summed E-state index contributed by atoms with van der Waals surface area (Å²) in [4.78, 5) is 39.5. The van der Waals surface area contributed by atoms with Crippen molar-refractivity contribution >= 4 is 23.5 Å². The van der Waals surface area contributed by atoms with Gasteiger partial charge in [0.1, 0.15) is 0 Å². The van der Waals surface area contributed by atoms with Gasteiger partial charge in [-0.05, 0) is 56.9 Å². The van der Waals surface area contributed by atoms with Crippen molar-refractivity contribution in [3.8, 4) is 0 Å². The van der Waals surface area contributed by atoms with E-state index < -0.39 is 0 Å². The van der Waals surface area contributed by atoms with Gasteiger partial charge in [0.25, 0.3) is 5.91 Å². The van der Waals surface area contributed by atoms with Crippen molar-refractivity contribution in [1.29, 1.82) is 0 Å². The Morgan fingerprint density at radius 2 is 2.08 bits per heavy atom. The number of nitrogens with zero attached hydrogens (tertiary/aromatic N) is 2. The van der Waals surface area contributed by atoms with E-state index in [1.165, 1.54) is 11.3 Å². The first kappa shape index (κ1) is 18.2. The number of hydrogen-bond donors (Lipinski definition) is 2. The van der Waals surface area contributed by atoms with E-state index in [2.05, 4.69) is 17.6 Å². The highest BCUT2D eigenvalue weighted by atomic mass is 16.2. The summed E-state index contributed by atoms with van der Waals surface area (Å²) in [6.07, 6.45) is 3.29. The summed E-state index contributed by atoms with van der Waals surface area (Å²) in [5.74, 6) is -0.196. The van der Waals surface area contributed by atoms with Crippen molar-refractivity contribution < 1.29 is 14.4 Å². The van der Waals surface area contributed by atoms with E-state index in [1.54, 1.807) is 6.07 Å². The minimum absolute atomic E-state index is 0.0463. The fourth-order valence-corrected chi connectivity index (χ4v) is 3.54. The first-order valence-electron chi connectivity index (χ1n) is 9.21. The standard InChI is InChI=1S/C19H26N4O3/c1-13-11-15(18(25)22-9-4-3-5-14(22)2)6-7-16(13)21-12-17(24)23-10-8-20-19(23)26/h6-7,11,14,21H,3-5,8-10,12H2,1-2H3,(H,20,26). The van der Waals surface area contributed by atoms with Crippen LogP contribution in [0.5, 0.6) is 0 Å². The molecule has 0 aromatic heterocycles. The molecule has 26 heavy (non-hydrogen) atoms. The van der Waals surface area contributed by atoms with E-state index >= 15 is 0 Å². The highest BCUT2D eigenvalue weighted by molar-refractivity contribution is 5.98. The van der Waals surface area contributed by atoms with Crippen LogP contribution in [0.4, 0.5) is 10.5 Å². The molecule has 0 aliphatic carbocycles. The van der Waals surface area contributed by atoms with Gasteiger partial charge >= 0.3 is 6.03 Å². The van der Waals surface area contributed by atoms with Crippen LogP contribution in [0.25, 0.3) is 0 Å². The summed E-state index contributed by atoms with van der Waals surface area (Å²) in [5.41, 5.74) is 2.37. The zero-order valence-corrected chi connectivity index (χ0v) is 15.4. The number of nitrogens with one attached hydrogen (secondary N) is 2. The van der Waals surface area contributed by atoms with Crippen LogP contribution >= 0.6 is 0 Å². The second kappa shape index (κ2) is 7.76. The second-order valence-electron chi connectivity index (χ2n) is 7.00. The Hall–Kier alpha value is -2.57. The molecule has 7 heteroatoms. The molecule has 2 heterocycles. The summed E-state index contributed by atoms with van der Waals surface area (Å²) < 4.78 is 0. The zero-order chi connectivity index (χ0) is 18.7. The number of amides is 4. The molecule has 0 bridgehead atoms. The molecule has 0 spiro atoms. The Labute approximate surface area is 153 Å². The van der Waals surface area contributed by atoms with E-state index in [4.69, 9.17) is 0 Å². The molecule has 4 amide bonds. The predicted octanol–water partition coefficient (Wildman–Crippen LogP) is 1.97. The molecule has 1 atom stereocenters. The zero-order valence-electron chi connectivity index (χ0n) is 15.4. The number of aryl methyl sites for hydroxylation is 1. The lowest BCUT2D eigenvalue weighted by molar-refractivity contribution is -0.125. The Morgan fingerprint density at radius 3 is 2.73 bits per heavy atom. The number of anilines is 1. The number of imide groups is 1. The lowest BCUT2D eigenvalue weighted by atomic mass is 10.0. The maximum absolute atomic E-state index is 12.8. The SMILES string of the molecule is Cc1cc(C(=O)N2CCCCC2C)ccc1NCC(=O)N1CCNC1=O. The molecule has 0 saturated carbocycles. The third-order valence-corrected chi connectivity index (χ3v) is 5.13. The van der Waals surface area contributed by atoms with E-state index in [0.717, 1.165) is 30.6 Å². The number of likely N-dealkylation sites (tertiary alicyclic amines) is 1. The van der Waals surface area contributed by atoms with Gasteiger partial charge in [0.2, 0.25) is 5.91 Å². The predicted molar refractivity (Wildman–Crippen MR) is 99.1 cm³/mol. The highest BCUT2D eigenvalue weighted by Crippen LogP contribution is 2.22. The number of piperidine rings is 1. The lowest BCUT2D eigenvalue weighted by Gasteiger charge is -2.33. The Bertz CT molecular complexity index is 719. The number of carbonyl (C=O) groups excluding carboxylic acids is 3. The first-order chi connectivity index (χ1) is 12.5. The van der Waals surface area contributed by atoms with Gasteiger partial charge in [-0.25, -0.2) is 4.79 Å². The average Bonchev–Trinajstić information content (AvgIpc) is 3.06. The van der Waals surface area contributed by atoms with Gasteiger partial charge in [0.15, 0.2) is 0 Å². The van der Waals surface area contributed by atoms with Crippen molar-refractivity contribution in [2.24, 2.45) is 0 Å². The lowest BCUT2D eigenvalue weighted by Crippen LogP contribution is -2.42. The number of carbonyl (C=O) groups is 3. The molecule has 2 saturated heterocycles. The fraction of sp³-hybridized carbons (Fsp3) is 0.526. The van der Waals surface area contributed by atoms with Crippen molar-refractivity contribution in [3.05, 3.63) is 29.3 Å². The van der Waals surface area contributed by atoms with Gasteiger partial charge in [0, 0.05) is 36.9 Å². The van der Waals surface area contributed by atoms with E-state index in [0.29, 0.717) is 18.7 Å². The molecular weight excluding hydrogens is 332 g/mol. The van der Waals surface area contributed by atoms with Crippen molar-refractivity contribution in [2.45, 2.75) is 39.2 Å². The number of benzene rings is 1. The van der Waals surface area contributed by atoms with Crippen LogP contribution in [0.3, 0.4) is 0 Å². The highest BCUT2D eigenvalue weighted by Gasteiger charge is 2.26. The van der Waals surface area contributed by atoms with Crippen LogP contribution in [-0.4, -0.2) is 59.9 Å². The largest absolute Gasteiger partial charge is 0.376 e. The summed E-state index contributed by atoms with van der Waals surface area (Å²) in [5, 5.41) is 5.68. The van der Waals surface area contributed by atoms with Crippen LogP contribution in [0, 0.1) is 6.92 Å². The van der Waals surface area contributed by atoms with E-state index in [1.807, 2.05) is 24.0 Å². The summed E-state index contributed by atoms with van der Waals surface area (Å²) in [7, 11) is 0. The summed E-state index contributed by atoms with van der Waals surface area (Å²) in [6, 6.07) is 5.42. The third kappa shape index (κ3) is 3.81. The van der Waals surface area contributed by atoms with Crippen molar-refractivity contribution in [3.63, 3.8) is 0 Å². The molecule has 7 nitrogen and oxygen atoms in total. The molecule has 1 unspecified atom stereocenters. The maximum atomic E-state index is 12.8. The number of rotatable bonds is 4. The van der Waals surface area contributed by atoms with Crippen LogP contribution in [-0.2, 0) is 4.79 Å². The number of urea groups is 1. The summed E-state index contributed by atoms with van der Waals surface area (Å²) >= 11 is 0. The molecule has 0 radical (unpaired) electrons. The molecule has 1 aromatic carbocycles. The van der Waals surface area contributed by atoms with Crippen LogP contribution < -0.4 is 10.6 Å². The third-order valence-electron chi connectivity index (χ3n) is 5.13. The maximum Gasteiger partial charge on any atom is 0.324 e. The van der Waals surface area contributed by atoms with Crippen LogP contribution in [0.15, 0.2) is 18.2 Å². The molecular formula is C19H26N4O3. The van der Waals surface area contributed by atoms with Crippen LogP contribution in [0.2, 0.25) is 0 Å². The Morgan fingerprint density at radius 1 is 1.27 bits per heavy atom. The normalized spacial score (nSPS) is 20.1. The topological polar surface area (TPSA) is 81.8 Å². The average molecular weight is 358 g/mol. The molecule has 2 aliphatic rings. The molecule has 3 rings (SSSR count). The Kier molecular flexibility index (Phi) is 5.44. The Balaban J connectivity index is 1.63. The van der Waals surface area contributed by atoms with Crippen molar-refractivity contribution in [2.75, 3.05) is 31.5 Å². The van der Waals surface area contributed by atoms with Gasteiger partial charge in [0.05, 0.1) is 6.54 Å². The summed E-state index contributed by atoms with van der Waals surface area (Å²) in [6.45, 7) is 5.76. The second-order valence-corrected chi connectivity index (χ2v) is 7.00. The van der Waals surface area contributed by atoms with Gasteiger partial charge in [-0.1, -0.05) is 0 Å². The van der Waals surface area contributed by atoms with Crippen LogP contribution in [0.1, 0.15) is 42.1 Å². The van der Waals surface area contributed by atoms with Crippen molar-refractivity contribution in [1.82, 2.24) is 15.1 Å². The minimum Gasteiger partial charge on any atom is -0.376 e. The first-order valence-corrected chi connectivity index (χ1v) is 9.21. The van der Waals surface area contributed by atoms with Gasteiger partial charge in [-0.2, -0.15) is 0 Å². The monoisotopic (exact) mass is 358 g/mol. The fourth-order valence-electron chi connectivity index (χ4n) is 3.54. The van der Waals surface area contributed by atoms with Gasteiger partial charge < -0.3 is 15.5 Å². The van der Waals surface area contributed by atoms with E-state index in [-0.39, 0.29) is 30.4 Å². The quantitative estimate of drug-likeness (QED) is 0.862. The molecule has 2 fully saturated rings. The minimum atomic E-state index is -0.342. The molecule has 140 valence electrons. The smallest absolute Gasteiger partial charge is 0.324 e.